The fraction of sp³-hybridized carbons (Fsp3) is 0.478. The molecule has 0 saturated heterocycles. The molecule has 9 heteroatoms. The van der Waals surface area contributed by atoms with Crippen molar-refractivity contribution in [1.29, 1.82) is 0 Å². The fourth-order valence-electron chi connectivity index (χ4n) is 4.28. The zero-order valence-electron chi connectivity index (χ0n) is 18.8. The maximum Gasteiger partial charge on any atom is 0.241 e. The molecular formula is C23H31N5O3S. The van der Waals surface area contributed by atoms with E-state index in [1.165, 1.54) is 0 Å². The standard InChI is InChI=1S/C23H31N5O3S/c1-15(14-31-2)26-23-25-13-21-19(17-7-10-22(24-12-17)32(3,4)30)11-20(28(21)27-23)16-5-8-18(29)9-6-16/h7,10-13,15-16,18,29H,3,5-6,8-9,14H2,1-2,4H3,(H,26,27)/t15-,16?,18?,32?/m0/s1. The number of hydrogen-bond donors (Lipinski definition) is 2. The van der Waals surface area contributed by atoms with Gasteiger partial charge in [-0.2, -0.15) is 0 Å². The number of hydrogen-bond acceptors (Lipinski definition) is 7. The Hall–Kier alpha value is -2.49. The summed E-state index contributed by atoms with van der Waals surface area (Å²) in [7, 11) is -0.699. The highest BCUT2D eigenvalue weighted by Crippen LogP contribution is 2.37. The third-order valence-corrected chi connectivity index (χ3v) is 7.07. The minimum atomic E-state index is -2.37. The van der Waals surface area contributed by atoms with Gasteiger partial charge in [-0.15, -0.1) is 5.10 Å². The minimum Gasteiger partial charge on any atom is -0.393 e. The van der Waals surface area contributed by atoms with Crippen LogP contribution in [0.5, 0.6) is 0 Å². The monoisotopic (exact) mass is 457 g/mol. The zero-order chi connectivity index (χ0) is 22.9. The molecule has 0 amide bonds. The maximum atomic E-state index is 12.2. The van der Waals surface area contributed by atoms with Crippen LogP contribution in [0.1, 0.15) is 44.2 Å². The highest BCUT2D eigenvalue weighted by molar-refractivity contribution is 7.99. The van der Waals surface area contributed by atoms with Crippen molar-refractivity contribution in [2.24, 2.45) is 0 Å². The molecule has 1 aliphatic carbocycles. The van der Waals surface area contributed by atoms with Gasteiger partial charge in [0.15, 0.2) is 0 Å². The SMILES string of the molecule is C=S(C)(=O)c1ccc(-c2cc(C3CCC(O)CC3)n3nc(N[C@@H](C)COC)ncc23)cn1. The molecule has 2 atom stereocenters. The lowest BCUT2D eigenvalue weighted by Gasteiger charge is -2.25. The largest absolute Gasteiger partial charge is 0.393 e. The van der Waals surface area contributed by atoms with Crippen LogP contribution in [0.15, 0.2) is 35.6 Å². The summed E-state index contributed by atoms with van der Waals surface area (Å²) in [5.74, 6) is 4.56. The number of fused-ring (bicyclic) bond motifs is 1. The molecule has 3 heterocycles. The molecule has 1 aliphatic rings. The summed E-state index contributed by atoms with van der Waals surface area (Å²) in [6.45, 7) is 2.57. The first-order chi connectivity index (χ1) is 15.3. The Morgan fingerprint density at radius 2 is 2.03 bits per heavy atom. The Morgan fingerprint density at radius 3 is 2.66 bits per heavy atom. The predicted octanol–water partition coefficient (Wildman–Crippen LogP) is 2.96. The van der Waals surface area contributed by atoms with Crippen LogP contribution in [-0.2, 0) is 14.3 Å². The van der Waals surface area contributed by atoms with E-state index in [1.807, 2.05) is 23.7 Å². The lowest BCUT2D eigenvalue weighted by Crippen LogP contribution is -2.23. The topological polar surface area (TPSA) is 102 Å². The van der Waals surface area contributed by atoms with Gasteiger partial charge in [-0.05, 0) is 50.6 Å². The van der Waals surface area contributed by atoms with Crippen molar-refractivity contribution >= 4 is 26.9 Å². The predicted molar refractivity (Wildman–Crippen MR) is 128 cm³/mol. The molecule has 8 nitrogen and oxygen atoms in total. The number of aromatic nitrogens is 4. The van der Waals surface area contributed by atoms with Gasteiger partial charge in [0.05, 0.1) is 24.4 Å². The van der Waals surface area contributed by atoms with Crippen LogP contribution in [0.25, 0.3) is 16.6 Å². The average Bonchev–Trinajstić information content (AvgIpc) is 3.13. The summed E-state index contributed by atoms with van der Waals surface area (Å²) in [6, 6.07) is 5.92. The summed E-state index contributed by atoms with van der Waals surface area (Å²) in [5, 5.41) is 18.5. The van der Waals surface area contributed by atoms with E-state index < -0.39 is 9.52 Å². The Morgan fingerprint density at radius 1 is 1.28 bits per heavy atom. The van der Waals surface area contributed by atoms with Crippen LogP contribution < -0.4 is 5.32 Å². The summed E-state index contributed by atoms with van der Waals surface area (Å²) < 4.78 is 19.4. The zero-order valence-corrected chi connectivity index (χ0v) is 19.6. The molecule has 1 unspecified atom stereocenters. The van der Waals surface area contributed by atoms with Gasteiger partial charge >= 0.3 is 0 Å². The molecule has 172 valence electrons. The van der Waals surface area contributed by atoms with E-state index in [0.29, 0.717) is 23.5 Å². The average molecular weight is 458 g/mol. The lowest BCUT2D eigenvalue weighted by atomic mass is 9.85. The van der Waals surface area contributed by atoms with Gasteiger partial charge in [0.1, 0.15) is 5.03 Å². The van der Waals surface area contributed by atoms with E-state index in [9.17, 15) is 9.32 Å². The molecule has 3 aromatic rings. The molecule has 0 spiro atoms. The molecule has 3 aromatic heterocycles. The number of anilines is 1. The van der Waals surface area contributed by atoms with Gasteiger partial charge in [0.25, 0.3) is 0 Å². The van der Waals surface area contributed by atoms with Crippen LogP contribution in [0.3, 0.4) is 0 Å². The van der Waals surface area contributed by atoms with E-state index in [2.05, 4.69) is 27.2 Å². The summed E-state index contributed by atoms with van der Waals surface area (Å²) in [6.07, 6.45) is 8.33. The molecule has 1 saturated carbocycles. The van der Waals surface area contributed by atoms with Gasteiger partial charge in [0, 0.05) is 57.9 Å². The second kappa shape index (κ2) is 9.17. The third-order valence-electron chi connectivity index (χ3n) is 5.94. The quantitative estimate of drug-likeness (QED) is 0.526. The number of ether oxygens (including phenoxy) is 1. The van der Waals surface area contributed by atoms with Gasteiger partial charge in [-0.25, -0.2) is 14.5 Å². The Balaban J connectivity index is 1.77. The fourth-order valence-corrected chi connectivity index (χ4v) is 4.91. The third kappa shape index (κ3) is 4.79. The van der Waals surface area contributed by atoms with Crippen molar-refractivity contribution in [2.75, 3.05) is 25.3 Å². The van der Waals surface area contributed by atoms with Crippen molar-refractivity contribution in [3.8, 4) is 11.1 Å². The number of methoxy groups -OCH3 is 1. The summed E-state index contributed by atoms with van der Waals surface area (Å²) >= 11 is 0. The molecule has 1 fully saturated rings. The van der Waals surface area contributed by atoms with Crippen LogP contribution in [-0.4, -0.2) is 66.9 Å². The Kier molecular flexibility index (Phi) is 6.50. The molecule has 4 rings (SSSR count). The number of nitrogens with zero attached hydrogens (tertiary/aromatic N) is 4. The number of aliphatic hydroxyl groups excluding tert-OH is 1. The van der Waals surface area contributed by atoms with Gasteiger partial charge in [-0.3, -0.25) is 4.21 Å². The van der Waals surface area contributed by atoms with Crippen LogP contribution in [0.4, 0.5) is 5.95 Å². The first-order valence-corrected chi connectivity index (χ1v) is 13.0. The second-order valence-electron chi connectivity index (χ2n) is 8.76. The van der Waals surface area contributed by atoms with Crippen molar-refractivity contribution < 1.29 is 14.1 Å². The molecule has 0 radical (unpaired) electrons. The molecule has 2 N–H and O–H groups in total. The molecular weight excluding hydrogens is 426 g/mol. The minimum absolute atomic E-state index is 0.0732. The normalized spacial score (nSPS) is 21.9. The van der Waals surface area contributed by atoms with Crippen molar-refractivity contribution in [1.82, 2.24) is 19.6 Å². The molecule has 0 bridgehead atoms. The molecule has 32 heavy (non-hydrogen) atoms. The van der Waals surface area contributed by atoms with Crippen molar-refractivity contribution in [2.45, 2.75) is 55.7 Å². The smallest absolute Gasteiger partial charge is 0.241 e. The van der Waals surface area contributed by atoms with E-state index in [-0.39, 0.29) is 12.1 Å². The van der Waals surface area contributed by atoms with Gasteiger partial charge in [0.2, 0.25) is 5.95 Å². The van der Waals surface area contributed by atoms with E-state index in [4.69, 9.17) is 9.84 Å². The highest BCUT2D eigenvalue weighted by Gasteiger charge is 2.25. The van der Waals surface area contributed by atoms with E-state index in [1.54, 1.807) is 25.6 Å². The van der Waals surface area contributed by atoms with E-state index >= 15 is 0 Å². The number of nitrogens with one attached hydrogen (secondary N) is 1. The van der Waals surface area contributed by atoms with Gasteiger partial charge in [-0.1, -0.05) is 6.07 Å². The lowest BCUT2D eigenvalue weighted by molar-refractivity contribution is 0.121. The van der Waals surface area contributed by atoms with Crippen molar-refractivity contribution in [3.63, 3.8) is 0 Å². The number of pyridine rings is 1. The van der Waals surface area contributed by atoms with Crippen molar-refractivity contribution in [3.05, 3.63) is 36.3 Å². The van der Waals surface area contributed by atoms with E-state index in [0.717, 1.165) is 48.0 Å². The number of aliphatic hydroxyl groups is 1. The van der Waals surface area contributed by atoms with Crippen LogP contribution in [0.2, 0.25) is 0 Å². The molecule has 0 aliphatic heterocycles. The maximum absolute atomic E-state index is 12.2. The Labute approximate surface area is 189 Å². The van der Waals surface area contributed by atoms with Gasteiger partial charge < -0.3 is 15.2 Å². The first kappa shape index (κ1) is 22.7. The highest BCUT2D eigenvalue weighted by atomic mass is 32.2. The van der Waals surface area contributed by atoms with Crippen LogP contribution in [0, 0.1) is 0 Å². The molecule has 0 aromatic carbocycles. The second-order valence-corrected chi connectivity index (χ2v) is 11.2. The first-order valence-electron chi connectivity index (χ1n) is 10.9. The summed E-state index contributed by atoms with van der Waals surface area (Å²) in [4.78, 5) is 8.92. The Bertz CT molecular complexity index is 1180. The van der Waals surface area contributed by atoms with Crippen LogP contribution >= 0.6 is 0 Å². The summed E-state index contributed by atoms with van der Waals surface area (Å²) in [5.41, 5.74) is 3.88. The number of rotatable bonds is 7.